The van der Waals surface area contributed by atoms with Gasteiger partial charge >= 0.3 is 0 Å². The highest BCUT2D eigenvalue weighted by Gasteiger charge is 2.08. The molecule has 2 aromatic heterocycles. The number of anilines is 1. The summed E-state index contributed by atoms with van der Waals surface area (Å²) in [7, 11) is 0. The maximum absolute atomic E-state index is 5.97. The van der Waals surface area contributed by atoms with E-state index in [1.165, 1.54) is 0 Å². The van der Waals surface area contributed by atoms with Gasteiger partial charge in [0.05, 0.1) is 21.9 Å². The first-order valence-electron chi connectivity index (χ1n) is 5.21. The number of aromatic nitrogens is 3. The minimum absolute atomic E-state index is 0.479. The SMILES string of the molecule is Nc1ccc2nc(-c3ccc(Cl)c(Cl)c3)nn2c1. The molecule has 18 heavy (non-hydrogen) atoms. The lowest BCUT2D eigenvalue weighted by atomic mass is 10.2. The number of pyridine rings is 1. The Balaban J connectivity index is 2.16. The van der Waals surface area contributed by atoms with Crippen LogP contribution in [-0.2, 0) is 0 Å². The van der Waals surface area contributed by atoms with Crippen LogP contribution in [0.15, 0.2) is 36.5 Å². The Kier molecular flexibility index (Phi) is 2.61. The molecule has 0 aliphatic rings. The summed E-state index contributed by atoms with van der Waals surface area (Å²) >= 11 is 11.8. The van der Waals surface area contributed by atoms with Crippen molar-refractivity contribution in [1.82, 2.24) is 14.6 Å². The van der Waals surface area contributed by atoms with Gasteiger partial charge in [0.15, 0.2) is 11.5 Å². The van der Waals surface area contributed by atoms with E-state index in [1.807, 2.05) is 12.1 Å². The molecule has 0 radical (unpaired) electrons. The average Bonchev–Trinajstić information content (AvgIpc) is 2.75. The van der Waals surface area contributed by atoms with Crippen molar-refractivity contribution in [2.24, 2.45) is 0 Å². The molecule has 0 saturated carbocycles. The number of rotatable bonds is 1. The maximum atomic E-state index is 5.97. The van der Waals surface area contributed by atoms with Crippen molar-refractivity contribution in [2.75, 3.05) is 5.73 Å². The minimum atomic E-state index is 0.479. The summed E-state index contributed by atoms with van der Waals surface area (Å²) < 4.78 is 1.63. The van der Waals surface area contributed by atoms with Gasteiger partial charge in [-0.15, -0.1) is 5.10 Å². The molecule has 2 heterocycles. The average molecular weight is 279 g/mol. The summed E-state index contributed by atoms with van der Waals surface area (Å²) in [6, 6.07) is 8.87. The van der Waals surface area contributed by atoms with Crippen LogP contribution in [0.2, 0.25) is 10.0 Å². The Morgan fingerprint density at radius 1 is 1.06 bits per heavy atom. The van der Waals surface area contributed by atoms with Crippen LogP contribution in [0.3, 0.4) is 0 Å². The fraction of sp³-hybridized carbons (Fsp3) is 0. The summed E-state index contributed by atoms with van der Waals surface area (Å²) in [4.78, 5) is 4.39. The Morgan fingerprint density at radius 2 is 1.89 bits per heavy atom. The number of nitrogen functional groups attached to an aromatic ring is 1. The first-order valence-corrected chi connectivity index (χ1v) is 5.96. The summed E-state index contributed by atoms with van der Waals surface area (Å²) in [5, 5.41) is 5.33. The Morgan fingerprint density at radius 3 is 2.67 bits per heavy atom. The largest absolute Gasteiger partial charge is 0.397 e. The molecule has 4 nitrogen and oxygen atoms in total. The Bertz CT molecular complexity index is 736. The third-order valence-electron chi connectivity index (χ3n) is 2.53. The molecule has 2 N–H and O–H groups in total. The highest BCUT2D eigenvalue weighted by molar-refractivity contribution is 6.42. The number of benzene rings is 1. The zero-order valence-corrected chi connectivity index (χ0v) is 10.7. The van der Waals surface area contributed by atoms with E-state index in [4.69, 9.17) is 28.9 Å². The van der Waals surface area contributed by atoms with E-state index in [-0.39, 0.29) is 0 Å². The van der Waals surface area contributed by atoms with Crippen LogP contribution in [0.5, 0.6) is 0 Å². The third kappa shape index (κ3) is 1.89. The molecular weight excluding hydrogens is 271 g/mol. The number of fused-ring (bicyclic) bond motifs is 1. The molecule has 0 fully saturated rings. The topological polar surface area (TPSA) is 56.2 Å². The second kappa shape index (κ2) is 4.15. The number of nitrogens with zero attached hydrogens (tertiary/aromatic N) is 3. The van der Waals surface area contributed by atoms with Gasteiger partial charge in [0.25, 0.3) is 0 Å². The summed E-state index contributed by atoms with van der Waals surface area (Å²) in [5.74, 6) is 0.583. The fourth-order valence-electron chi connectivity index (χ4n) is 1.66. The first-order chi connectivity index (χ1) is 8.63. The first kappa shape index (κ1) is 11.3. The minimum Gasteiger partial charge on any atom is -0.397 e. The van der Waals surface area contributed by atoms with Crippen molar-refractivity contribution in [3.8, 4) is 11.4 Å². The molecule has 0 aliphatic carbocycles. The Labute approximate surface area is 113 Å². The van der Waals surface area contributed by atoms with Crippen LogP contribution in [0.4, 0.5) is 5.69 Å². The van der Waals surface area contributed by atoms with Crippen molar-refractivity contribution in [1.29, 1.82) is 0 Å². The van der Waals surface area contributed by atoms with Gasteiger partial charge in [0, 0.05) is 5.56 Å². The molecule has 3 rings (SSSR count). The van der Waals surface area contributed by atoms with Gasteiger partial charge in [-0.05, 0) is 30.3 Å². The van der Waals surface area contributed by atoms with Gasteiger partial charge in [-0.2, -0.15) is 0 Å². The summed E-state index contributed by atoms with van der Waals surface area (Å²) in [6.45, 7) is 0. The number of nitrogens with two attached hydrogens (primary N) is 1. The standard InChI is InChI=1S/C12H8Cl2N4/c13-9-3-1-7(5-10(9)14)12-16-11-4-2-8(15)6-18(11)17-12/h1-6H,15H2. The molecule has 0 unspecified atom stereocenters. The molecule has 3 aromatic rings. The van der Waals surface area contributed by atoms with Gasteiger partial charge in [-0.1, -0.05) is 23.2 Å². The highest BCUT2D eigenvalue weighted by Crippen LogP contribution is 2.27. The molecule has 0 aliphatic heterocycles. The van der Waals surface area contributed by atoms with Crippen LogP contribution < -0.4 is 5.73 Å². The lowest BCUT2D eigenvalue weighted by Crippen LogP contribution is -1.91. The van der Waals surface area contributed by atoms with Crippen LogP contribution >= 0.6 is 23.2 Å². The molecule has 0 saturated heterocycles. The Hall–Kier alpha value is -1.78. The lowest BCUT2D eigenvalue weighted by Gasteiger charge is -1.97. The maximum Gasteiger partial charge on any atom is 0.182 e. The van der Waals surface area contributed by atoms with E-state index in [0.29, 0.717) is 21.6 Å². The van der Waals surface area contributed by atoms with Crippen molar-refractivity contribution >= 4 is 34.5 Å². The molecule has 90 valence electrons. The molecule has 0 spiro atoms. The highest BCUT2D eigenvalue weighted by atomic mass is 35.5. The lowest BCUT2D eigenvalue weighted by molar-refractivity contribution is 0.968. The molecule has 0 amide bonds. The molecule has 0 bridgehead atoms. The summed E-state index contributed by atoms with van der Waals surface area (Å²) in [6.07, 6.45) is 1.71. The van der Waals surface area contributed by atoms with E-state index >= 15 is 0 Å². The van der Waals surface area contributed by atoms with E-state index in [1.54, 1.807) is 28.9 Å². The van der Waals surface area contributed by atoms with Gasteiger partial charge in [0.2, 0.25) is 0 Å². The van der Waals surface area contributed by atoms with Crippen molar-refractivity contribution in [2.45, 2.75) is 0 Å². The van der Waals surface area contributed by atoms with Crippen molar-refractivity contribution in [3.05, 3.63) is 46.6 Å². The zero-order valence-electron chi connectivity index (χ0n) is 9.14. The molecule has 0 atom stereocenters. The monoisotopic (exact) mass is 278 g/mol. The second-order valence-corrected chi connectivity index (χ2v) is 4.64. The van der Waals surface area contributed by atoms with Crippen molar-refractivity contribution in [3.63, 3.8) is 0 Å². The van der Waals surface area contributed by atoms with E-state index in [2.05, 4.69) is 10.1 Å². The van der Waals surface area contributed by atoms with Crippen LogP contribution in [0, 0.1) is 0 Å². The van der Waals surface area contributed by atoms with Gasteiger partial charge < -0.3 is 5.73 Å². The van der Waals surface area contributed by atoms with E-state index < -0.39 is 0 Å². The molecular formula is C12H8Cl2N4. The zero-order chi connectivity index (χ0) is 12.7. The number of hydrogen-bond donors (Lipinski definition) is 1. The predicted molar refractivity (Wildman–Crippen MR) is 72.9 cm³/mol. The fourth-order valence-corrected chi connectivity index (χ4v) is 1.95. The van der Waals surface area contributed by atoms with Crippen LogP contribution in [0.1, 0.15) is 0 Å². The van der Waals surface area contributed by atoms with Gasteiger partial charge in [-0.3, -0.25) is 0 Å². The van der Waals surface area contributed by atoms with Crippen LogP contribution in [0.25, 0.3) is 17.0 Å². The smallest absolute Gasteiger partial charge is 0.182 e. The summed E-state index contributed by atoms with van der Waals surface area (Å²) in [5.41, 5.74) is 7.86. The van der Waals surface area contributed by atoms with Gasteiger partial charge in [-0.25, -0.2) is 9.50 Å². The number of halogens is 2. The second-order valence-electron chi connectivity index (χ2n) is 3.83. The molecule has 6 heteroatoms. The third-order valence-corrected chi connectivity index (χ3v) is 3.27. The van der Waals surface area contributed by atoms with Gasteiger partial charge in [0.1, 0.15) is 0 Å². The van der Waals surface area contributed by atoms with E-state index in [0.717, 1.165) is 11.2 Å². The quantitative estimate of drug-likeness (QED) is 0.743. The van der Waals surface area contributed by atoms with Crippen molar-refractivity contribution < 1.29 is 0 Å². The number of hydrogen-bond acceptors (Lipinski definition) is 3. The molecule has 1 aromatic carbocycles. The normalized spacial score (nSPS) is 11.0. The van der Waals surface area contributed by atoms with E-state index in [9.17, 15) is 0 Å². The van der Waals surface area contributed by atoms with Crippen LogP contribution in [-0.4, -0.2) is 14.6 Å². The predicted octanol–water partition coefficient (Wildman–Crippen LogP) is 3.29.